The van der Waals surface area contributed by atoms with Gasteiger partial charge < -0.3 is 9.64 Å². The minimum atomic E-state index is 0. The first kappa shape index (κ1) is 22.1. The minimum Gasteiger partial charge on any atom is -0.382 e. The maximum Gasteiger partial charge on any atom is 0.0478 e. The lowest BCUT2D eigenvalue weighted by Gasteiger charge is -2.13. The van der Waals surface area contributed by atoms with E-state index in [4.69, 9.17) is 4.74 Å². The topological polar surface area (TPSA) is 12.5 Å². The van der Waals surface area contributed by atoms with Crippen LogP contribution < -0.4 is 0 Å². The highest BCUT2D eigenvalue weighted by atomic mass is 16.5. The Labute approximate surface area is 111 Å². The predicted molar refractivity (Wildman–Crippen MR) is 80.8 cm³/mol. The second-order valence-corrected chi connectivity index (χ2v) is 3.81. The number of nitrogens with zero attached hydrogens (tertiary/aromatic N) is 1. The van der Waals surface area contributed by atoms with Gasteiger partial charge in [0.1, 0.15) is 0 Å². The molecule has 1 heterocycles. The Balaban J connectivity index is -0.000000286. The molecule has 1 aliphatic heterocycles. The summed E-state index contributed by atoms with van der Waals surface area (Å²) in [6.07, 6.45) is 5.25. The molecule has 2 nitrogen and oxygen atoms in total. The molecule has 0 aromatic heterocycles. The summed E-state index contributed by atoms with van der Waals surface area (Å²) in [6, 6.07) is 0. The third-order valence-corrected chi connectivity index (χ3v) is 2.17. The first-order valence-corrected chi connectivity index (χ1v) is 7.15. The molecule has 1 rings (SSSR count). The van der Waals surface area contributed by atoms with Crippen molar-refractivity contribution >= 4 is 0 Å². The van der Waals surface area contributed by atoms with Crippen molar-refractivity contribution in [1.29, 1.82) is 0 Å². The van der Waals surface area contributed by atoms with Gasteiger partial charge >= 0.3 is 0 Å². The zero-order chi connectivity index (χ0) is 12.6. The van der Waals surface area contributed by atoms with Crippen LogP contribution in [-0.2, 0) is 4.74 Å². The van der Waals surface area contributed by atoms with Gasteiger partial charge in [0, 0.05) is 19.8 Å². The van der Waals surface area contributed by atoms with Gasteiger partial charge in [0.15, 0.2) is 0 Å². The lowest BCUT2D eigenvalue weighted by Crippen LogP contribution is -2.21. The molecule has 0 atom stereocenters. The van der Waals surface area contributed by atoms with E-state index in [0.29, 0.717) is 0 Å². The van der Waals surface area contributed by atoms with Gasteiger partial charge in [0.2, 0.25) is 0 Å². The molecule has 0 aromatic carbocycles. The van der Waals surface area contributed by atoms with Crippen LogP contribution >= 0.6 is 0 Å². The minimum absolute atomic E-state index is 0. The van der Waals surface area contributed by atoms with Gasteiger partial charge in [-0.1, -0.05) is 41.5 Å². The summed E-state index contributed by atoms with van der Waals surface area (Å²) in [4.78, 5) is 2.53. The third kappa shape index (κ3) is 18.5. The number of hydrogen-bond acceptors (Lipinski definition) is 2. The van der Waals surface area contributed by atoms with Crippen molar-refractivity contribution < 1.29 is 4.74 Å². The van der Waals surface area contributed by atoms with Crippen molar-refractivity contribution in [2.45, 2.75) is 67.7 Å². The van der Waals surface area contributed by atoms with Crippen LogP contribution in [0.15, 0.2) is 0 Å². The number of ether oxygens (including phenoxy) is 1. The van der Waals surface area contributed by atoms with Crippen LogP contribution in [0, 0.1) is 0 Å². The van der Waals surface area contributed by atoms with Crippen molar-refractivity contribution in [3.63, 3.8) is 0 Å². The molecule has 2 heteroatoms. The predicted octanol–water partition coefficient (Wildman–Crippen LogP) is 4.59. The molecule has 0 amide bonds. The zero-order valence-corrected chi connectivity index (χ0v) is 12.2. The van der Waals surface area contributed by atoms with Gasteiger partial charge in [-0.2, -0.15) is 0 Å². The van der Waals surface area contributed by atoms with Crippen molar-refractivity contribution in [3.8, 4) is 0 Å². The van der Waals surface area contributed by atoms with Gasteiger partial charge in [0.05, 0.1) is 0 Å². The summed E-state index contributed by atoms with van der Waals surface area (Å²) >= 11 is 0. The van der Waals surface area contributed by atoms with E-state index in [-0.39, 0.29) is 7.43 Å². The summed E-state index contributed by atoms with van der Waals surface area (Å²) in [6.45, 7) is 16.0. The van der Waals surface area contributed by atoms with E-state index in [9.17, 15) is 0 Å². The molecule has 1 saturated heterocycles. The Morgan fingerprint density at radius 1 is 1.00 bits per heavy atom. The van der Waals surface area contributed by atoms with E-state index in [0.717, 1.165) is 13.2 Å². The monoisotopic (exact) mass is 247 g/mol. The average Bonchev–Trinajstić information content (AvgIpc) is 2.81. The molecule has 0 N–H and O–H groups in total. The van der Waals surface area contributed by atoms with Gasteiger partial charge in [-0.25, -0.2) is 0 Å². The fraction of sp³-hybridized carbons (Fsp3) is 1.00. The van der Waals surface area contributed by atoms with Crippen LogP contribution in [0.5, 0.6) is 0 Å². The van der Waals surface area contributed by atoms with Crippen molar-refractivity contribution in [3.05, 3.63) is 0 Å². The molecule has 108 valence electrons. The van der Waals surface area contributed by atoms with Crippen LogP contribution in [0.4, 0.5) is 0 Å². The Kier molecular flexibility index (Phi) is 27.6. The van der Waals surface area contributed by atoms with Gasteiger partial charge in [0.25, 0.3) is 0 Å². The fourth-order valence-electron chi connectivity index (χ4n) is 1.54. The molecule has 0 aromatic rings. The van der Waals surface area contributed by atoms with Crippen molar-refractivity contribution in [2.24, 2.45) is 0 Å². The van der Waals surface area contributed by atoms with Gasteiger partial charge in [-0.15, -0.1) is 0 Å². The normalized spacial score (nSPS) is 13.9. The van der Waals surface area contributed by atoms with Crippen LogP contribution in [0.1, 0.15) is 67.7 Å². The molecule has 0 saturated carbocycles. The molecule has 0 spiro atoms. The molecule has 0 aliphatic carbocycles. The second kappa shape index (κ2) is 21.2. The van der Waals surface area contributed by atoms with E-state index < -0.39 is 0 Å². The number of rotatable bonds is 5. The molecule has 17 heavy (non-hydrogen) atoms. The first-order valence-electron chi connectivity index (χ1n) is 7.15. The summed E-state index contributed by atoms with van der Waals surface area (Å²) in [5, 5.41) is 0. The second-order valence-electron chi connectivity index (χ2n) is 3.81. The Morgan fingerprint density at radius 3 is 1.88 bits per heavy atom. The van der Waals surface area contributed by atoms with Crippen LogP contribution in [0.2, 0.25) is 0 Å². The molecule has 1 fully saturated rings. The summed E-state index contributed by atoms with van der Waals surface area (Å²) in [7, 11) is 0. The zero-order valence-electron chi connectivity index (χ0n) is 12.2. The highest BCUT2D eigenvalue weighted by molar-refractivity contribution is 4.65. The maximum atomic E-state index is 5.27. The van der Waals surface area contributed by atoms with Crippen LogP contribution in [0.3, 0.4) is 0 Å². The molecular formula is C15H37NO. The lowest BCUT2D eigenvalue weighted by molar-refractivity contribution is 0.135. The van der Waals surface area contributed by atoms with E-state index in [1.807, 2.05) is 13.8 Å². The highest BCUT2D eigenvalue weighted by Gasteiger charge is 2.09. The van der Waals surface area contributed by atoms with Crippen molar-refractivity contribution in [1.82, 2.24) is 4.90 Å². The quantitative estimate of drug-likeness (QED) is 0.659. The van der Waals surface area contributed by atoms with Crippen LogP contribution in [0.25, 0.3) is 0 Å². The van der Waals surface area contributed by atoms with Crippen molar-refractivity contribution in [2.75, 3.05) is 32.8 Å². The van der Waals surface area contributed by atoms with E-state index in [1.165, 1.54) is 45.3 Å². The van der Waals surface area contributed by atoms with Crippen LogP contribution in [-0.4, -0.2) is 37.7 Å². The number of likely N-dealkylation sites (tertiary alicyclic amines) is 1. The molecule has 0 radical (unpaired) electrons. The molecule has 0 bridgehead atoms. The Bertz CT molecular complexity index is 101. The average molecular weight is 247 g/mol. The van der Waals surface area contributed by atoms with E-state index >= 15 is 0 Å². The lowest BCUT2D eigenvalue weighted by atomic mass is 10.4. The first-order chi connectivity index (χ1) is 7.85. The SMILES string of the molecule is C.CC.CCC.CCOCCCN1CCCC1. The highest BCUT2D eigenvalue weighted by Crippen LogP contribution is 2.06. The Hall–Kier alpha value is -0.0800. The molecule has 0 unspecified atom stereocenters. The van der Waals surface area contributed by atoms with E-state index in [2.05, 4.69) is 25.7 Å². The fourth-order valence-corrected chi connectivity index (χ4v) is 1.54. The smallest absolute Gasteiger partial charge is 0.0478 e. The number of hydrogen-bond donors (Lipinski definition) is 0. The largest absolute Gasteiger partial charge is 0.382 e. The molecule has 1 aliphatic rings. The van der Waals surface area contributed by atoms with Gasteiger partial charge in [-0.05, 0) is 39.3 Å². The summed E-state index contributed by atoms with van der Waals surface area (Å²) in [5.74, 6) is 0. The van der Waals surface area contributed by atoms with Gasteiger partial charge in [-0.3, -0.25) is 0 Å². The third-order valence-electron chi connectivity index (χ3n) is 2.17. The van der Waals surface area contributed by atoms with E-state index in [1.54, 1.807) is 0 Å². The Morgan fingerprint density at radius 2 is 1.47 bits per heavy atom. The summed E-state index contributed by atoms with van der Waals surface area (Å²) in [5.41, 5.74) is 0. The standard InChI is InChI=1S/C9H19NO.C3H8.C2H6.CH4/c1-2-11-9-5-8-10-6-3-4-7-10;1-3-2;1-2;/h2-9H2,1H3;3H2,1-2H3;1-2H3;1H4. The maximum absolute atomic E-state index is 5.27. The molecular weight excluding hydrogens is 210 g/mol. The summed E-state index contributed by atoms with van der Waals surface area (Å²) < 4.78 is 5.27.